The van der Waals surface area contributed by atoms with Crippen LogP contribution in [0.2, 0.25) is 0 Å². The first-order valence-corrected chi connectivity index (χ1v) is 4.61. The largest absolute Gasteiger partial charge is 0.351 e. The van der Waals surface area contributed by atoms with Gasteiger partial charge in [-0.15, -0.1) is 0 Å². The minimum atomic E-state index is -4.71. The Labute approximate surface area is 69.0 Å². The molecule has 0 aromatic carbocycles. The van der Waals surface area contributed by atoms with E-state index in [1.165, 1.54) is 0 Å². The molecule has 0 saturated heterocycles. The number of H-pyrrole nitrogens is 1. The molecule has 0 aliphatic heterocycles. The van der Waals surface area contributed by atoms with Crippen molar-refractivity contribution in [2.24, 2.45) is 5.73 Å². The molecule has 0 saturated carbocycles. The van der Waals surface area contributed by atoms with Crippen molar-refractivity contribution in [1.29, 1.82) is 0 Å². The number of imidazole rings is 1. The molecule has 7 heteroatoms. The van der Waals surface area contributed by atoms with Gasteiger partial charge in [-0.2, -0.15) is 8.42 Å². The van der Waals surface area contributed by atoms with Crippen LogP contribution in [0.4, 0.5) is 3.89 Å². The summed E-state index contributed by atoms with van der Waals surface area (Å²) >= 11 is 0. The summed E-state index contributed by atoms with van der Waals surface area (Å²) in [6, 6.07) is 0. The van der Waals surface area contributed by atoms with Gasteiger partial charge in [0.15, 0.2) is 0 Å². The molecule has 0 unspecified atom stereocenters. The summed E-state index contributed by atoms with van der Waals surface area (Å²) in [5, 5.41) is -0.562. The van der Waals surface area contributed by atoms with Crippen LogP contribution >= 0.6 is 0 Å². The highest BCUT2D eigenvalue weighted by Gasteiger charge is 2.19. The van der Waals surface area contributed by atoms with E-state index in [-0.39, 0.29) is 18.7 Å². The number of hydrogen-bond donors (Lipinski definition) is 2. The van der Waals surface area contributed by atoms with Gasteiger partial charge in [-0.1, -0.05) is 3.89 Å². The second-order valence-electron chi connectivity index (χ2n) is 2.16. The molecule has 1 aromatic heterocycles. The van der Waals surface area contributed by atoms with Crippen molar-refractivity contribution in [3.63, 3.8) is 0 Å². The van der Waals surface area contributed by atoms with E-state index in [0.717, 1.165) is 6.33 Å². The normalized spacial score (nSPS) is 11.8. The number of rotatable bonds is 3. The summed E-state index contributed by atoms with van der Waals surface area (Å²) in [6.07, 6.45) is 1.38. The molecule has 1 aromatic rings. The summed E-state index contributed by atoms with van der Waals surface area (Å²) in [5.41, 5.74) is 5.38. The number of aromatic amines is 1. The van der Waals surface area contributed by atoms with Gasteiger partial charge in [-0.3, -0.25) is 0 Å². The third-order valence-corrected chi connectivity index (χ3v) is 2.12. The lowest BCUT2D eigenvalue weighted by Crippen LogP contribution is -2.06. The molecular weight excluding hydrogens is 185 g/mol. The van der Waals surface area contributed by atoms with Crippen LogP contribution in [0.15, 0.2) is 11.4 Å². The number of halogens is 1. The molecule has 5 nitrogen and oxygen atoms in total. The zero-order chi connectivity index (χ0) is 9.19. The van der Waals surface area contributed by atoms with Crippen LogP contribution < -0.4 is 5.73 Å². The number of nitrogens with two attached hydrogens (primary N) is 1. The van der Waals surface area contributed by atoms with Crippen molar-refractivity contribution >= 4 is 10.2 Å². The van der Waals surface area contributed by atoms with Crippen LogP contribution in [0.3, 0.4) is 0 Å². The van der Waals surface area contributed by atoms with Crippen molar-refractivity contribution in [1.82, 2.24) is 9.97 Å². The Hall–Kier alpha value is -0.950. The molecule has 3 N–H and O–H groups in total. The zero-order valence-electron chi connectivity index (χ0n) is 6.12. The van der Waals surface area contributed by atoms with E-state index in [9.17, 15) is 12.3 Å². The van der Waals surface area contributed by atoms with Crippen molar-refractivity contribution in [3.05, 3.63) is 12.0 Å². The second kappa shape index (κ2) is 3.20. The highest BCUT2D eigenvalue weighted by atomic mass is 32.3. The molecule has 0 radical (unpaired) electrons. The van der Waals surface area contributed by atoms with Crippen LogP contribution in [0.1, 0.15) is 5.69 Å². The number of aromatic nitrogens is 2. The van der Waals surface area contributed by atoms with Crippen LogP contribution in [-0.2, 0) is 16.6 Å². The second-order valence-corrected chi connectivity index (χ2v) is 3.43. The third-order valence-electron chi connectivity index (χ3n) is 1.30. The molecule has 1 rings (SSSR count). The maximum atomic E-state index is 12.4. The Morgan fingerprint density at radius 1 is 1.67 bits per heavy atom. The number of nitrogens with zero attached hydrogens (tertiary/aromatic N) is 1. The molecule has 0 aliphatic carbocycles. The summed E-state index contributed by atoms with van der Waals surface area (Å²) in [5.74, 6) is 0. The lowest BCUT2D eigenvalue weighted by molar-refractivity contribution is 0.547. The van der Waals surface area contributed by atoms with E-state index in [1.807, 2.05) is 0 Å². The predicted molar refractivity (Wildman–Crippen MR) is 39.6 cm³/mol. The van der Waals surface area contributed by atoms with Gasteiger partial charge in [-0.05, 0) is 6.54 Å². The average Bonchev–Trinajstić information content (AvgIpc) is 2.34. The topological polar surface area (TPSA) is 88.8 Å². The lowest BCUT2D eigenvalue weighted by Gasteiger charge is -1.94. The van der Waals surface area contributed by atoms with E-state index in [0.29, 0.717) is 0 Å². The van der Waals surface area contributed by atoms with E-state index in [2.05, 4.69) is 9.97 Å². The Bertz CT molecular complexity index is 359. The van der Waals surface area contributed by atoms with Crippen molar-refractivity contribution in [2.45, 2.75) is 11.4 Å². The smallest absolute Gasteiger partial charge is 0.347 e. The van der Waals surface area contributed by atoms with Gasteiger partial charge in [-0.25, -0.2) is 4.98 Å². The van der Waals surface area contributed by atoms with Crippen molar-refractivity contribution in [3.8, 4) is 0 Å². The molecular formula is C5H8FN3O2S. The number of nitrogens with one attached hydrogen (secondary N) is 1. The number of hydrogen-bond acceptors (Lipinski definition) is 4. The molecule has 0 spiro atoms. The molecule has 0 amide bonds. The summed E-state index contributed by atoms with van der Waals surface area (Å²) in [6.45, 7) is 0.241. The van der Waals surface area contributed by atoms with Gasteiger partial charge in [0, 0.05) is 6.42 Å². The Morgan fingerprint density at radius 3 is 2.83 bits per heavy atom. The molecule has 0 fully saturated rings. The van der Waals surface area contributed by atoms with E-state index in [4.69, 9.17) is 5.73 Å². The minimum Gasteiger partial charge on any atom is -0.347 e. The fourth-order valence-electron chi connectivity index (χ4n) is 0.842. The highest BCUT2D eigenvalue weighted by Crippen LogP contribution is 2.12. The first-order chi connectivity index (χ1) is 5.55. The van der Waals surface area contributed by atoms with Gasteiger partial charge in [0.05, 0.1) is 12.0 Å². The molecule has 68 valence electrons. The van der Waals surface area contributed by atoms with E-state index < -0.39 is 15.2 Å². The highest BCUT2D eigenvalue weighted by molar-refractivity contribution is 7.86. The first-order valence-electron chi connectivity index (χ1n) is 3.22. The molecule has 0 bridgehead atoms. The van der Waals surface area contributed by atoms with Crippen LogP contribution in [0.25, 0.3) is 0 Å². The van der Waals surface area contributed by atoms with Gasteiger partial charge in [0.25, 0.3) is 0 Å². The average molecular weight is 193 g/mol. The van der Waals surface area contributed by atoms with Crippen LogP contribution in [0, 0.1) is 0 Å². The fraction of sp³-hybridized carbons (Fsp3) is 0.400. The Balaban J connectivity index is 3.08. The molecule has 0 aliphatic rings. The summed E-state index contributed by atoms with van der Waals surface area (Å²) in [7, 11) is -4.71. The Morgan fingerprint density at radius 2 is 2.33 bits per heavy atom. The van der Waals surface area contributed by atoms with Gasteiger partial charge in [0.2, 0.25) is 5.03 Å². The zero-order valence-corrected chi connectivity index (χ0v) is 6.94. The maximum absolute atomic E-state index is 12.4. The molecule has 12 heavy (non-hydrogen) atoms. The minimum absolute atomic E-state index is 0.208. The van der Waals surface area contributed by atoms with Crippen molar-refractivity contribution < 1.29 is 12.3 Å². The maximum Gasteiger partial charge on any atom is 0.351 e. The SMILES string of the molecule is NCCc1[nH]cnc1S(=O)(=O)F. The van der Waals surface area contributed by atoms with E-state index in [1.54, 1.807) is 0 Å². The standard InChI is InChI=1S/C5H8FN3O2S/c6-12(10,11)5-4(1-2-7)8-3-9-5/h3H,1-2,7H2,(H,8,9). The monoisotopic (exact) mass is 193 g/mol. The fourth-order valence-corrected chi connectivity index (χ4v) is 1.48. The third kappa shape index (κ3) is 1.80. The summed E-state index contributed by atoms with van der Waals surface area (Å²) in [4.78, 5) is 5.83. The van der Waals surface area contributed by atoms with Gasteiger partial charge < -0.3 is 10.7 Å². The van der Waals surface area contributed by atoms with E-state index >= 15 is 0 Å². The van der Waals surface area contributed by atoms with Crippen LogP contribution in [-0.4, -0.2) is 24.9 Å². The van der Waals surface area contributed by atoms with Crippen molar-refractivity contribution in [2.75, 3.05) is 6.54 Å². The lowest BCUT2D eigenvalue weighted by atomic mass is 10.3. The van der Waals surface area contributed by atoms with Gasteiger partial charge >= 0.3 is 10.2 Å². The van der Waals surface area contributed by atoms with Gasteiger partial charge in [0.1, 0.15) is 0 Å². The first kappa shape index (κ1) is 9.14. The quantitative estimate of drug-likeness (QED) is 0.637. The predicted octanol–water partition coefficient (Wildman–Crippen LogP) is -0.431. The molecule has 0 atom stereocenters. The summed E-state index contributed by atoms with van der Waals surface area (Å²) < 4.78 is 33.2. The Kier molecular flexibility index (Phi) is 2.43. The van der Waals surface area contributed by atoms with Crippen LogP contribution in [0.5, 0.6) is 0 Å². The molecule has 1 heterocycles.